The van der Waals surface area contributed by atoms with Crippen molar-refractivity contribution in [3.05, 3.63) is 100 Å². The number of thioether (sulfide) groups is 1. The number of nitrogens with zero attached hydrogens (tertiary/aromatic N) is 2. The van der Waals surface area contributed by atoms with E-state index in [0.717, 1.165) is 11.1 Å². The maximum absolute atomic E-state index is 13.1. The molecule has 1 aliphatic heterocycles. The average Bonchev–Trinajstić information content (AvgIpc) is 3.07. The van der Waals surface area contributed by atoms with Gasteiger partial charge in [-0.3, -0.25) is 9.69 Å². The predicted octanol–water partition coefficient (Wildman–Crippen LogP) is 5.34. The van der Waals surface area contributed by atoms with Crippen molar-refractivity contribution in [2.24, 2.45) is 4.99 Å². The SMILES string of the molecule is CN1C(=O)/C(=C/c2ccccc2OCc2ccc(F)cc2)SC1=Nc1cccc(C(=O)O)c1. The number of aliphatic imine (C=N–C) groups is 1. The van der Waals surface area contributed by atoms with E-state index in [1.165, 1.54) is 40.9 Å². The lowest BCUT2D eigenvalue weighted by Gasteiger charge is -2.10. The van der Waals surface area contributed by atoms with Crippen molar-refractivity contribution < 1.29 is 23.8 Å². The van der Waals surface area contributed by atoms with Crippen LogP contribution in [0.1, 0.15) is 21.5 Å². The molecule has 3 aromatic carbocycles. The zero-order valence-corrected chi connectivity index (χ0v) is 18.4. The molecule has 1 N–H and O–H groups in total. The van der Waals surface area contributed by atoms with Gasteiger partial charge in [-0.15, -0.1) is 0 Å². The van der Waals surface area contributed by atoms with Crippen molar-refractivity contribution in [3.63, 3.8) is 0 Å². The highest BCUT2D eigenvalue weighted by molar-refractivity contribution is 8.18. The third kappa shape index (κ3) is 5.30. The Labute approximate surface area is 194 Å². The van der Waals surface area contributed by atoms with E-state index in [0.29, 0.717) is 21.5 Å². The van der Waals surface area contributed by atoms with E-state index >= 15 is 0 Å². The first-order valence-electron chi connectivity index (χ1n) is 9.96. The summed E-state index contributed by atoms with van der Waals surface area (Å²) in [5.41, 5.74) is 2.11. The standard InChI is InChI=1S/C25H19FN2O4S/c1-28-23(29)22(33-25(28)27-20-7-4-6-18(13-20)24(30)31)14-17-5-2-3-8-21(17)32-15-16-9-11-19(26)12-10-16/h2-14H,15H2,1H3,(H,30,31)/b22-14-,27-25?. The van der Waals surface area contributed by atoms with Crippen LogP contribution in [0.4, 0.5) is 10.1 Å². The summed E-state index contributed by atoms with van der Waals surface area (Å²) in [5, 5.41) is 9.61. The van der Waals surface area contributed by atoms with Crippen LogP contribution in [-0.4, -0.2) is 34.1 Å². The summed E-state index contributed by atoms with van der Waals surface area (Å²) in [6.07, 6.45) is 1.74. The van der Waals surface area contributed by atoms with Crippen molar-refractivity contribution >= 4 is 40.6 Å². The van der Waals surface area contributed by atoms with Gasteiger partial charge in [0.2, 0.25) is 0 Å². The van der Waals surface area contributed by atoms with E-state index in [1.54, 1.807) is 43.5 Å². The average molecular weight is 463 g/mol. The summed E-state index contributed by atoms with van der Waals surface area (Å²) >= 11 is 1.20. The Morgan fingerprint density at radius 1 is 1.12 bits per heavy atom. The minimum atomic E-state index is -1.04. The number of amides is 1. The fourth-order valence-electron chi connectivity index (χ4n) is 3.08. The number of carbonyl (C=O) groups is 2. The fraction of sp³-hybridized carbons (Fsp3) is 0.0800. The largest absolute Gasteiger partial charge is 0.488 e. The van der Waals surface area contributed by atoms with Crippen molar-refractivity contribution in [1.82, 2.24) is 4.90 Å². The van der Waals surface area contributed by atoms with Crippen LogP contribution in [0.25, 0.3) is 6.08 Å². The number of amidine groups is 1. The topological polar surface area (TPSA) is 79.2 Å². The Morgan fingerprint density at radius 3 is 2.64 bits per heavy atom. The summed E-state index contributed by atoms with van der Waals surface area (Å²) in [6.45, 7) is 0.258. The quantitative estimate of drug-likeness (QED) is 0.501. The number of aromatic carboxylic acids is 1. The van der Waals surface area contributed by atoms with Crippen LogP contribution in [-0.2, 0) is 11.4 Å². The minimum Gasteiger partial charge on any atom is -0.488 e. The second-order valence-corrected chi connectivity index (χ2v) is 8.19. The van der Waals surface area contributed by atoms with Crippen molar-refractivity contribution in [1.29, 1.82) is 0 Å². The second-order valence-electron chi connectivity index (χ2n) is 7.18. The molecule has 1 saturated heterocycles. The van der Waals surface area contributed by atoms with E-state index in [4.69, 9.17) is 9.84 Å². The molecule has 0 radical (unpaired) electrons. The summed E-state index contributed by atoms with van der Waals surface area (Å²) in [7, 11) is 1.62. The van der Waals surface area contributed by atoms with Gasteiger partial charge in [0, 0.05) is 12.6 Å². The number of ether oxygens (including phenoxy) is 1. The number of carboxylic acids is 1. The van der Waals surface area contributed by atoms with Crippen LogP contribution in [0.3, 0.4) is 0 Å². The Balaban J connectivity index is 1.56. The second kappa shape index (κ2) is 9.70. The third-order valence-electron chi connectivity index (χ3n) is 4.83. The third-order valence-corrected chi connectivity index (χ3v) is 5.89. The molecule has 1 aliphatic rings. The van der Waals surface area contributed by atoms with E-state index in [2.05, 4.69) is 4.99 Å². The summed E-state index contributed by atoms with van der Waals surface area (Å²) < 4.78 is 19.0. The molecule has 1 amide bonds. The Bertz CT molecular complexity index is 1270. The van der Waals surface area contributed by atoms with Crippen LogP contribution >= 0.6 is 11.8 Å². The van der Waals surface area contributed by atoms with Gasteiger partial charge >= 0.3 is 5.97 Å². The number of benzene rings is 3. The first kappa shape index (κ1) is 22.3. The van der Waals surface area contributed by atoms with Gasteiger partial charge in [-0.25, -0.2) is 14.2 Å². The van der Waals surface area contributed by atoms with Crippen molar-refractivity contribution in [3.8, 4) is 5.75 Å². The Kier molecular flexibility index (Phi) is 6.55. The number of rotatable bonds is 6. The number of para-hydroxylation sites is 1. The first-order chi connectivity index (χ1) is 15.9. The normalized spacial score (nSPS) is 15.9. The Morgan fingerprint density at radius 2 is 1.88 bits per heavy atom. The summed E-state index contributed by atoms with van der Waals surface area (Å²) in [5.74, 6) is -0.985. The lowest BCUT2D eigenvalue weighted by atomic mass is 10.1. The molecular formula is C25H19FN2O4S. The molecule has 0 spiro atoms. The smallest absolute Gasteiger partial charge is 0.335 e. The molecule has 1 heterocycles. The van der Waals surface area contributed by atoms with Crippen LogP contribution in [0.2, 0.25) is 0 Å². The highest BCUT2D eigenvalue weighted by Crippen LogP contribution is 2.35. The summed E-state index contributed by atoms with van der Waals surface area (Å²) in [4.78, 5) is 30.3. The molecule has 0 aliphatic carbocycles. The maximum atomic E-state index is 13.1. The van der Waals surface area contributed by atoms with Gasteiger partial charge < -0.3 is 9.84 Å². The molecule has 0 bridgehead atoms. The number of carboxylic acid groups (broad SMARTS) is 1. The zero-order chi connectivity index (χ0) is 23.4. The van der Waals surface area contributed by atoms with Crippen LogP contribution in [0, 0.1) is 5.82 Å². The predicted molar refractivity (Wildman–Crippen MR) is 126 cm³/mol. The van der Waals surface area contributed by atoms with Crippen molar-refractivity contribution in [2.45, 2.75) is 6.61 Å². The lowest BCUT2D eigenvalue weighted by Crippen LogP contribution is -2.23. The van der Waals surface area contributed by atoms with E-state index in [1.807, 2.05) is 18.2 Å². The van der Waals surface area contributed by atoms with Crippen LogP contribution in [0.15, 0.2) is 82.7 Å². The van der Waals surface area contributed by atoms with Gasteiger partial charge in [0.15, 0.2) is 5.17 Å². The molecule has 0 unspecified atom stereocenters. The molecule has 0 atom stereocenters. The van der Waals surface area contributed by atoms with Gasteiger partial charge in [0.25, 0.3) is 5.91 Å². The molecule has 6 nitrogen and oxygen atoms in total. The number of hydrogen-bond acceptors (Lipinski definition) is 5. The maximum Gasteiger partial charge on any atom is 0.335 e. The molecular weight excluding hydrogens is 443 g/mol. The molecule has 3 aromatic rings. The van der Waals surface area contributed by atoms with Crippen LogP contribution in [0.5, 0.6) is 5.75 Å². The van der Waals surface area contributed by atoms with Gasteiger partial charge in [-0.2, -0.15) is 0 Å². The molecule has 4 rings (SSSR count). The van der Waals surface area contributed by atoms with Gasteiger partial charge in [-0.05, 0) is 59.8 Å². The monoisotopic (exact) mass is 462 g/mol. The summed E-state index contributed by atoms with van der Waals surface area (Å²) in [6, 6.07) is 19.6. The molecule has 0 aromatic heterocycles. The van der Waals surface area contributed by atoms with E-state index in [9.17, 15) is 14.0 Å². The fourth-order valence-corrected chi connectivity index (χ4v) is 4.06. The van der Waals surface area contributed by atoms with E-state index < -0.39 is 5.97 Å². The number of halogens is 1. The molecule has 1 fully saturated rings. The number of hydrogen-bond donors (Lipinski definition) is 1. The van der Waals surface area contributed by atoms with Gasteiger partial charge in [0.05, 0.1) is 16.2 Å². The highest BCUT2D eigenvalue weighted by Gasteiger charge is 2.30. The molecule has 166 valence electrons. The van der Waals surface area contributed by atoms with E-state index in [-0.39, 0.29) is 23.9 Å². The molecule has 33 heavy (non-hydrogen) atoms. The molecule has 8 heteroatoms. The lowest BCUT2D eigenvalue weighted by molar-refractivity contribution is -0.121. The molecule has 0 saturated carbocycles. The first-order valence-corrected chi connectivity index (χ1v) is 10.8. The van der Waals surface area contributed by atoms with Crippen molar-refractivity contribution in [2.75, 3.05) is 7.05 Å². The van der Waals surface area contributed by atoms with Gasteiger partial charge in [-0.1, -0.05) is 36.4 Å². The van der Waals surface area contributed by atoms with Crippen LogP contribution < -0.4 is 4.74 Å². The minimum absolute atomic E-state index is 0.122. The Hall–Kier alpha value is -3.91. The zero-order valence-electron chi connectivity index (χ0n) is 17.6. The number of carbonyl (C=O) groups excluding carboxylic acids is 1. The highest BCUT2D eigenvalue weighted by atomic mass is 32.2. The van der Waals surface area contributed by atoms with Gasteiger partial charge in [0.1, 0.15) is 18.2 Å². The number of likely N-dealkylation sites (N-methyl/N-ethyl adjacent to an activating group) is 1.